The van der Waals surface area contributed by atoms with E-state index >= 15 is 0 Å². The van der Waals surface area contributed by atoms with E-state index in [2.05, 4.69) is 10.3 Å². The number of aromatic nitrogens is 2. The molecule has 2 aliphatic rings. The first-order valence-electron chi connectivity index (χ1n) is 13.3. The van der Waals surface area contributed by atoms with Crippen LogP contribution in [0.2, 0.25) is 0 Å². The first kappa shape index (κ1) is 26.4. The van der Waals surface area contributed by atoms with Gasteiger partial charge in [-0.1, -0.05) is 18.2 Å². The Bertz CT molecular complexity index is 1710. The van der Waals surface area contributed by atoms with Crippen molar-refractivity contribution in [1.29, 1.82) is 0 Å². The van der Waals surface area contributed by atoms with Gasteiger partial charge in [0.1, 0.15) is 5.75 Å². The van der Waals surface area contributed by atoms with Gasteiger partial charge in [-0.3, -0.25) is 9.78 Å². The first-order valence-corrected chi connectivity index (χ1v) is 14.9. The molecule has 1 N–H and O–H groups in total. The van der Waals surface area contributed by atoms with Gasteiger partial charge in [-0.25, -0.2) is 13.4 Å². The molecular formula is C30H29N3O6S. The number of amides is 1. The zero-order valence-corrected chi connectivity index (χ0v) is 22.9. The van der Waals surface area contributed by atoms with Crippen molar-refractivity contribution in [3.05, 3.63) is 83.2 Å². The zero-order chi connectivity index (χ0) is 27.7. The molecule has 4 heterocycles. The molecule has 4 aromatic rings. The highest BCUT2D eigenvalue weighted by Gasteiger charge is 2.26. The van der Waals surface area contributed by atoms with E-state index in [4.69, 9.17) is 19.2 Å². The van der Waals surface area contributed by atoms with E-state index in [-0.39, 0.29) is 48.0 Å². The molecule has 0 unspecified atom stereocenters. The van der Waals surface area contributed by atoms with Gasteiger partial charge in [-0.05, 0) is 48.9 Å². The predicted molar refractivity (Wildman–Crippen MR) is 149 cm³/mol. The topological polar surface area (TPSA) is 117 Å². The van der Waals surface area contributed by atoms with Crippen LogP contribution >= 0.6 is 0 Å². The molecule has 1 amide bonds. The minimum atomic E-state index is -3.51. The molecule has 0 saturated heterocycles. The van der Waals surface area contributed by atoms with Crippen molar-refractivity contribution in [2.75, 3.05) is 25.6 Å². The summed E-state index contributed by atoms with van der Waals surface area (Å²) < 4.78 is 42.5. The lowest BCUT2D eigenvalue weighted by atomic mass is 9.97. The molecule has 10 heteroatoms. The Hall–Kier alpha value is -3.86. The Labute approximate surface area is 232 Å². The summed E-state index contributed by atoms with van der Waals surface area (Å²) in [5.41, 5.74) is 4.91. The highest BCUT2D eigenvalue weighted by Crippen LogP contribution is 2.41. The molecule has 0 aliphatic carbocycles. The van der Waals surface area contributed by atoms with Gasteiger partial charge in [-0.15, -0.1) is 0 Å². The third-order valence-electron chi connectivity index (χ3n) is 7.14. The average Bonchev–Trinajstić information content (AvgIpc) is 3.12. The van der Waals surface area contributed by atoms with E-state index in [0.29, 0.717) is 24.5 Å². The number of carbonyl (C=O) groups is 1. The van der Waals surface area contributed by atoms with Crippen molar-refractivity contribution in [3.8, 4) is 17.0 Å². The van der Waals surface area contributed by atoms with E-state index < -0.39 is 9.84 Å². The summed E-state index contributed by atoms with van der Waals surface area (Å²) in [4.78, 5) is 22.4. The maximum absolute atomic E-state index is 12.9. The summed E-state index contributed by atoms with van der Waals surface area (Å²) in [6.45, 7) is 3.71. The average molecular weight is 560 g/mol. The largest absolute Gasteiger partial charge is 0.492 e. The number of pyridine rings is 2. The fourth-order valence-corrected chi connectivity index (χ4v) is 6.50. The summed E-state index contributed by atoms with van der Waals surface area (Å²) in [5, 5.41) is 3.71. The van der Waals surface area contributed by atoms with Crippen LogP contribution in [0.5, 0.6) is 5.75 Å². The quantitative estimate of drug-likeness (QED) is 0.370. The molecule has 1 atom stereocenters. The number of carbonyl (C=O) groups excluding carboxylic acids is 1. The van der Waals surface area contributed by atoms with Gasteiger partial charge in [-0.2, -0.15) is 0 Å². The molecule has 206 valence electrons. The second-order valence-corrected chi connectivity index (χ2v) is 11.8. The molecule has 2 aromatic heterocycles. The standard InChI is InChI=1S/C30H29N3O6S/c1-2-38-27-10-11-39-29-23(4-3-5-24(27)29)25-9-8-20-16-31-22(15-26(20)33-25)17-32-30(34)19-6-7-21-18-37-12-13-40(35,36)28(21)14-19/h3-9,14-16,27H,2,10-13,17-18H2,1H3,(H,32,34)/t27-/m0/s1. The highest BCUT2D eigenvalue weighted by molar-refractivity contribution is 7.91. The SMILES string of the molecule is CCO[C@H]1CCOc2c(-c3ccc4cnc(CNC(=O)c5ccc6c(c5)S(=O)(=O)CCOC6)cc4n3)cccc21. The lowest BCUT2D eigenvalue weighted by Crippen LogP contribution is -2.23. The van der Waals surface area contributed by atoms with E-state index in [0.717, 1.165) is 39.9 Å². The minimum Gasteiger partial charge on any atom is -0.492 e. The Morgan fingerprint density at radius 2 is 2.02 bits per heavy atom. The molecule has 40 heavy (non-hydrogen) atoms. The Morgan fingerprint density at radius 1 is 1.12 bits per heavy atom. The van der Waals surface area contributed by atoms with Gasteiger partial charge >= 0.3 is 0 Å². The first-order chi connectivity index (χ1) is 19.4. The van der Waals surface area contributed by atoms with Crippen LogP contribution in [-0.4, -0.2) is 49.9 Å². The van der Waals surface area contributed by atoms with Crippen LogP contribution in [0.25, 0.3) is 22.2 Å². The van der Waals surface area contributed by atoms with Gasteiger partial charge in [0.25, 0.3) is 5.91 Å². The van der Waals surface area contributed by atoms with Crippen LogP contribution in [0.15, 0.2) is 65.7 Å². The number of benzene rings is 2. The normalized spacial score (nSPS) is 17.8. The highest BCUT2D eigenvalue weighted by atomic mass is 32.2. The van der Waals surface area contributed by atoms with E-state index in [1.807, 2.05) is 43.3 Å². The van der Waals surface area contributed by atoms with Crippen LogP contribution < -0.4 is 10.1 Å². The van der Waals surface area contributed by atoms with Gasteiger partial charge in [0.15, 0.2) is 9.84 Å². The number of ether oxygens (including phenoxy) is 3. The van der Waals surface area contributed by atoms with Crippen LogP contribution in [0.4, 0.5) is 0 Å². The second kappa shape index (κ2) is 11.0. The molecule has 0 radical (unpaired) electrons. The Balaban J connectivity index is 1.23. The number of nitrogens with one attached hydrogen (secondary N) is 1. The number of fused-ring (bicyclic) bond motifs is 3. The van der Waals surface area contributed by atoms with Crippen molar-refractivity contribution in [1.82, 2.24) is 15.3 Å². The van der Waals surface area contributed by atoms with Gasteiger partial charge in [0.2, 0.25) is 0 Å². The van der Waals surface area contributed by atoms with Crippen LogP contribution in [0, 0.1) is 0 Å². The van der Waals surface area contributed by atoms with Gasteiger partial charge < -0.3 is 19.5 Å². The van der Waals surface area contributed by atoms with Crippen molar-refractivity contribution in [2.24, 2.45) is 0 Å². The van der Waals surface area contributed by atoms with Crippen LogP contribution in [-0.2, 0) is 32.5 Å². The monoisotopic (exact) mass is 559 g/mol. The lowest BCUT2D eigenvalue weighted by Gasteiger charge is -2.27. The number of rotatable bonds is 6. The van der Waals surface area contributed by atoms with Crippen molar-refractivity contribution >= 4 is 26.6 Å². The fourth-order valence-electron chi connectivity index (χ4n) is 5.11. The summed E-state index contributed by atoms with van der Waals surface area (Å²) in [7, 11) is -3.51. The maximum atomic E-state index is 12.9. The summed E-state index contributed by atoms with van der Waals surface area (Å²) in [6, 6.07) is 16.5. The van der Waals surface area contributed by atoms with E-state index in [1.54, 1.807) is 18.3 Å². The predicted octanol–water partition coefficient (Wildman–Crippen LogP) is 4.39. The van der Waals surface area contributed by atoms with Crippen molar-refractivity contribution < 1.29 is 27.4 Å². The lowest BCUT2D eigenvalue weighted by molar-refractivity contribution is 0.0320. The summed E-state index contributed by atoms with van der Waals surface area (Å²) >= 11 is 0. The molecular weight excluding hydrogens is 530 g/mol. The Kier molecular flexibility index (Phi) is 7.22. The van der Waals surface area contributed by atoms with Crippen LogP contribution in [0.3, 0.4) is 0 Å². The third kappa shape index (κ3) is 5.17. The zero-order valence-electron chi connectivity index (χ0n) is 22.1. The third-order valence-corrected chi connectivity index (χ3v) is 8.90. The Morgan fingerprint density at radius 3 is 2.90 bits per heavy atom. The van der Waals surface area contributed by atoms with Crippen LogP contribution in [0.1, 0.15) is 46.6 Å². The van der Waals surface area contributed by atoms with Crippen molar-refractivity contribution in [2.45, 2.75) is 37.5 Å². The number of para-hydroxylation sites is 1. The number of hydrogen-bond acceptors (Lipinski definition) is 8. The van der Waals surface area contributed by atoms with E-state index in [1.165, 1.54) is 6.07 Å². The van der Waals surface area contributed by atoms with Gasteiger partial charge in [0, 0.05) is 41.3 Å². The minimum absolute atomic E-state index is 0.00146. The summed E-state index contributed by atoms with van der Waals surface area (Å²) in [5.74, 6) is 0.310. The smallest absolute Gasteiger partial charge is 0.251 e. The second-order valence-electron chi connectivity index (χ2n) is 9.75. The molecule has 6 rings (SSSR count). The number of sulfone groups is 1. The fraction of sp³-hybridized carbons (Fsp3) is 0.300. The molecule has 9 nitrogen and oxygen atoms in total. The van der Waals surface area contributed by atoms with Crippen molar-refractivity contribution in [3.63, 3.8) is 0 Å². The molecule has 2 aliphatic heterocycles. The number of nitrogens with zero attached hydrogens (tertiary/aromatic N) is 2. The summed E-state index contributed by atoms with van der Waals surface area (Å²) in [6.07, 6.45) is 2.54. The molecule has 0 saturated carbocycles. The molecule has 0 fully saturated rings. The molecule has 2 aromatic carbocycles. The van der Waals surface area contributed by atoms with Gasteiger partial charge in [0.05, 0.1) is 60.0 Å². The number of hydrogen-bond donors (Lipinski definition) is 1. The maximum Gasteiger partial charge on any atom is 0.251 e. The molecule has 0 spiro atoms. The van der Waals surface area contributed by atoms with E-state index in [9.17, 15) is 13.2 Å². The molecule has 0 bridgehead atoms.